The Bertz CT molecular complexity index is 671. The van der Waals surface area contributed by atoms with Gasteiger partial charge in [0.05, 0.1) is 5.56 Å². The van der Waals surface area contributed by atoms with Crippen LogP contribution >= 0.6 is 0 Å². The van der Waals surface area contributed by atoms with Crippen LogP contribution in [-0.2, 0) is 19.6 Å². The highest BCUT2D eigenvalue weighted by Gasteiger charge is 2.26. The molecule has 22 heavy (non-hydrogen) atoms. The molecule has 2 N–H and O–H groups in total. The molecule has 0 unspecified atom stereocenters. The Morgan fingerprint density at radius 1 is 1.27 bits per heavy atom. The van der Waals surface area contributed by atoms with Crippen LogP contribution in [0.2, 0.25) is 0 Å². The summed E-state index contributed by atoms with van der Waals surface area (Å²) in [6.45, 7) is 2.91. The van der Waals surface area contributed by atoms with Crippen LogP contribution in [0.1, 0.15) is 24.2 Å². The summed E-state index contributed by atoms with van der Waals surface area (Å²) in [5, 5.41) is 0. The number of hydrogen-bond donors (Lipinski definition) is 1. The number of carbonyl (C=O) groups excluding carboxylic acids is 2. The highest BCUT2D eigenvalue weighted by atomic mass is 32.2. The van der Waals surface area contributed by atoms with E-state index >= 15 is 0 Å². The molecular formula is C13H17FN2O5S. The van der Waals surface area contributed by atoms with E-state index in [0.717, 1.165) is 22.5 Å². The zero-order valence-electron chi connectivity index (χ0n) is 12.2. The highest BCUT2D eigenvalue weighted by Crippen LogP contribution is 2.21. The predicted octanol–water partition coefficient (Wildman–Crippen LogP) is 0.498. The number of esters is 1. The van der Waals surface area contributed by atoms with Crippen molar-refractivity contribution in [3.05, 3.63) is 29.6 Å². The molecule has 0 heterocycles. The molecule has 0 atom stereocenters. The molecule has 1 rings (SSSR count). The Kier molecular flexibility index (Phi) is 6.01. The molecule has 122 valence electrons. The van der Waals surface area contributed by atoms with E-state index in [4.69, 9.17) is 5.73 Å². The van der Waals surface area contributed by atoms with Crippen molar-refractivity contribution in [3.8, 4) is 0 Å². The van der Waals surface area contributed by atoms with Gasteiger partial charge in [-0.15, -0.1) is 0 Å². The van der Waals surface area contributed by atoms with E-state index in [2.05, 4.69) is 4.74 Å². The lowest BCUT2D eigenvalue weighted by Crippen LogP contribution is -2.31. The summed E-state index contributed by atoms with van der Waals surface area (Å²) in [4.78, 5) is 21.6. The lowest BCUT2D eigenvalue weighted by atomic mass is 10.2. The number of amides is 1. The Labute approximate surface area is 127 Å². The van der Waals surface area contributed by atoms with Gasteiger partial charge in [-0.25, -0.2) is 17.6 Å². The molecule has 0 fully saturated rings. The molecule has 0 bridgehead atoms. The fourth-order valence-electron chi connectivity index (χ4n) is 1.75. The molecule has 7 nitrogen and oxygen atoms in total. The van der Waals surface area contributed by atoms with Crippen molar-refractivity contribution in [1.29, 1.82) is 0 Å². The van der Waals surface area contributed by atoms with Crippen LogP contribution in [0.4, 0.5) is 4.39 Å². The van der Waals surface area contributed by atoms with Gasteiger partial charge in [0.25, 0.3) is 5.91 Å². The number of rotatable bonds is 7. The monoisotopic (exact) mass is 332 g/mol. The Morgan fingerprint density at radius 3 is 2.36 bits per heavy atom. The van der Waals surface area contributed by atoms with Crippen molar-refractivity contribution in [1.82, 2.24) is 4.31 Å². The molecule has 0 aliphatic carbocycles. The number of benzene rings is 1. The van der Waals surface area contributed by atoms with Crippen LogP contribution < -0.4 is 5.73 Å². The van der Waals surface area contributed by atoms with Crippen molar-refractivity contribution < 1.29 is 27.1 Å². The van der Waals surface area contributed by atoms with Crippen molar-refractivity contribution in [2.75, 3.05) is 19.7 Å². The summed E-state index contributed by atoms with van der Waals surface area (Å²) in [6.07, 6.45) is 0. The van der Waals surface area contributed by atoms with Crippen LogP contribution in [0.3, 0.4) is 0 Å². The molecule has 1 amide bonds. The molecule has 0 aliphatic heterocycles. The van der Waals surface area contributed by atoms with Gasteiger partial charge in [0, 0.05) is 13.1 Å². The number of halogens is 1. The van der Waals surface area contributed by atoms with Crippen molar-refractivity contribution >= 4 is 21.9 Å². The van der Waals surface area contributed by atoms with Crippen LogP contribution in [0, 0.1) is 5.82 Å². The average molecular weight is 332 g/mol. The van der Waals surface area contributed by atoms with Crippen LogP contribution in [0.25, 0.3) is 0 Å². The molecule has 0 spiro atoms. The normalized spacial score (nSPS) is 11.5. The van der Waals surface area contributed by atoms with Gasteiger partial charge in [0.1, 0.15) is 10.7 Å². The second kappa shape index (κ2) is 7.32. The van der Waals surface area contributed by atoms with Gasteiger partial charge in [-0.2, -0.15) is 4.31 Å². The van der Waals surface area contributed by atoms with E-state index in [1.54, 1.807) is 13.8 Å². The predicted molar refractivity (Wildman–Crippen MR) is 76.0 cm³/mol. The fourth-order valence-corrected chi connectivity index (χ4v) is 3.30. The zero-order chi connectivity index (χ0) is 16.9. The lowest BCUT2D eigenvalue weighted by molar-refractivity contribution is -0.121. The molecule has 0 aromatic heterocycles. The third-order valence-electron chi connectivity index (χ3n) is 2.84. The Balaban J connectivity index is 3.20. The SMILES string of the molecule is CCN(CC)S(=O)(=O)c1cc(C(=O)OCC(N)=O)ccc1F. The Hall–Kier alpha value is -2.00. The standard InChI is InChI=1S/C13H17FN2O5S/c1-3-16(4-2)22(19,20)11-7-9(5-6-10(11)14)13(18)21-8-12(15)17/h5-7H,3-4,8H2,1-2H3,(H2,15,17). The van der Waals surface area contributed by atoms with Gasteiger partial charge >= 0.3 is 5.97 Å². The van der Waals surface area contributed by atoms with Crippen LogP contribution in [0.5, 0.6) is 0 Å². The van der Waals surface area contributed by atoms with Crippen LogP contribution in [0.15, 0.2) is 23.1 Å². The Morgan fingerprint density at radius 2 is 1.86 bits per heavy atom. The van der Waals surface area contributed by atoms with Gasteiger partial charge < -0.3 is 10.5 Å². The smallest absolute Gasteiger partial charge is 0.338 e. The fraction of sp³-hybridized carbons (Fsp3) is 0.385. The highest BCUT2D eigenvalue weighted by molar-refractivity contribution is 7.89. The van der Waals surface area contributed by atoms with Crippen molar-refractivity contribution in [2.24, 2.45) is 5.73 Å². The zero-order valence-corrected chi connectivity index (χ0v) is 13.0. The third-order valence-corrected chi connectivity index (χ3v) is 4.90. The summed E-state index contributed by atoms with van der Waals surface area (Å²) in [5.41, 5.74) is 4.65. The number of nitrogens with two attached hydrogens (primary N) is 1. The average Bonchev–Trinajstić information content (AvgIpc) is 2.45. The summed E-state index contributed by atoms with van der Waals surface area (Å²) in [6, 6.07) is 2.81. The number of ether oxygens (including phenoxy) is 1. The number of primary amides is 1. The third kappa shape index (κ3) is 4.01. The van der Waals surface area contributed by atoms with Gasteiger partial charge in [0.2, 0.25) is 10.0 Å². The quantitative estimate of drug-likeness (QED) is 0.732. The lowest BCUT2D eigenvalue weighted by Gasteiger charge is -2.19. The van der Waals surface area contributed by atoms with E-state index < -0.39 is 39.2 Å². The van der Waals surface area contributed by atoms with E-state index in [1.165, 1.54) is 0 Å². The summed E-state index contributed by atoms with van der Waals surface area (Å²) >= 11 is 0. The van der Waals surface area contributed by atoms with Gasteiger partial charge in [0.15, 0.2) is 6.61 Å². The maximum Gasteiger partial charge on any atom is 0.338 e. The number of nitrogens with zero attached hydrogens (tertiary/aromatic N) is 1. The maximum atomic E-state index is 13.8. The number of hydrogen-bond acceptors (Lipinski definition) is 5. The van der Waals surface area contributed by atoms with Gasteiger partial charge in [-0.05, 0) is 18.2 Å². The second-order valence-corrected chi connectivity index (χ2v) is 6.18. The van der Waals surface area contributed by atoms with E-state index in [9.17, 15) is 22.4 Å². The van der Waals surface area contributed by atoms with Gasteiger partial charge in [-0.3, -0.25) is 4.79 Å². The first-order chi connectivity index (χ1) is 10.2. The molecule has 0 saturated carbocycles. The molecule has 1 aromatic rings. The molecule has 9 heteroatoms. The summed E-state index contributed by atoms with van der Waals surface area (Å²) < 4.78 is 44.1. The molecule has 0 aliphatic rings. The molecular weight excluding hydrogens is 315 g/mol. The molecule has 1 aromatic carbocycles. The first-order valence-corrected chi connectivity index (χ1v) is 7.93. The topological polar surface area (TPSA) is 107 Å². The van der Waals surface area contributed by atoms with E-state index in [1.807, 2.05) is 0 Å². The van der Waals surface area contributed by atoms with Crippen LogP contribution in [-0.4, -0.2) is 44.3 Å². The largest absolute Gasteiger partial charge is 0.452 e. The van der Waals surface area contributed by atoms with Gasteiger partial charge in [-0.1, -0.05) is 13.8 Å². The van der Waals surface area contributed by atoms with E-state index in [0.29, 0.717) is 0 Å². The maximum absolute atomic E-state index is 13.8. The molecule has 0 saturated heterocycles. The minimum Gasteiger partial charge on any atom is -0.452 e. The summed E-state index contributed by atoms with van der Waals surface area (Å²) in [7, 11) is -4.06. The van der Waals surface area contributed by atoms with Crippen molar-refractivity contribution in [2.45, 2.75) is 18.7 Å². The summed E-state index contributed by atoms with van der Waals surface area (Å²) in [5.74, 6) is -2.79. The minimum absolute atomic E-state index is 0.161. The minimum atomic E-state index is -4.06. The second-order valence-electron chi connectivity index (χ2n) is 4.28. The van der Waals surface area contributed by atoms with E-state index in [-0.39, 0.29) is 18.7 Å². The number of carbonyl (C=O) groups is 2. The first kappa shape index (κ1) is 18.1. The first-order valence-electron chi connectivity index (χ1n) is 6.49. The molecule has 0 radical (unpaired) electrons. The number of sulfonamides is 1. The van der Waals surface area contributed by atoms with Crippen molar-refractivity contribution in [3.63, 3.8) is 0 Å².